The molecule has 2 N–H and O–H groups in total. The van der Waals surface area contributed by atoms with Crippen LogP contribution in [0.4, 0.5) is 11.6 Å². The molecule has 41 heavy (non-hydrogen) atoms. The number of Topliss-reactive ketones (excluding diaryl/α,β-unsaturated/α-hetero) is 1. The molecular weight excluding hydrogens is 532 g/mol. The summed E-state index contributed by atoms with van der Waals surface area (Å²) in [5.74, 6) is 1.26. The van der Waals surface area contributed by atoms with Crippen LogP contribution in [-0.2, 0) is 29.5 Å². The van der Waals surface area contributed by atoms with E-state index in [1.54, 1.807) is 6.20 Å². The lowest BCUT2D eigenvalue weighted by atomic mass is 9.82. The molecular formula is C34H43ClN4O2. The van der Waals surface area contributed by atoms with Crippen LogP contribution in [0.25, 0.3) is 0 Å². The smallest absolute Gasteiger partial charge is 0.227 e. The van der Waals surface area contributed by atoms with Crippen molar-refractivity contribution in [3.05, 3.63) is 80.6 Å². The van der Waals surface area contributed by atoms with E-state index in [0.717, 1.165) is 49.3 Å². The van der Waals surface area contributed by atoms with Gasteiger partial charge in [0.1, 0.15) is 5.78 Å². The molecule has 5 rings (SSSR count). The number of piperidine rings is 1. The van der Waals surface area contributed by atoms with Gasteiger partial charge < -0.3 is 10.4 Å². The zero-order chi connectivity index (χ0) is 29.5. The van der Waals surface area contributed by atoms with Crippen molar-refractivity contribution in [2.45, 2.75) is 90.6 Å². The molecule has 3 aromatic rings. The Morgan fingerprint density at radius 2 is 1.93 bits per heavy atom. The van der Waals surface area contributed by atoms with Crippen LogP contribution in [0.2, 0.25) is 5.02 Å². The third kappa shape index (κ3) is 6.35. The highest BCUT2D eigenvalue weighted by molar-refractivity contribution is 6.31. The van der Waals surface area contributed by atoms with Crippen molar-refractivity contribution >= 4 is 29.0 Å². The molecule has 1 aliphatic heterocycles. The molecule has 7 heteroatoms. The lowest BCUT2D eigenvalue weighted by molar-refractivity contribution is -0.121. The Kier molecular flexibility index (Phi) is 8.30. The number of aryl methyl sites for hydroxylation is 2. The van der Waals surface area contributed by atoms with E-state index in [2.05, 4.69) is 53.3 Å². The quantitative estimate of drug-likeness (QED) is 0.314. The molecule has 1 saturated heterocycles. The Bertz CT molecular complexity index is 1460. The van der Waals surface area contributed by atoms with Gasteiger partial charge in [0.25, 0.3) is 0 Å². The summed E-state index contributed by atoms with van der Waals surface area (Å²) in [6.07, 6.45) is 5.90. The summed E-state index contributed by atoms with van der Waals surface area (Å²) in [6.45, 7) is 14.9. The minimum atomic E-state index is -0.686. The van der Waals surface area contributed by atoms with Gasteiger partial charge in [-0.15, -0.1) is 0 Å². The molecule has 1 atom stereocenters. The number of halogens is 1. The van der Waals surface area contributed by atoms with Gasteiger partial charge in [-0.05, 0) is 119 Å². The van der Waals surface area contributed by atoms with E-state index in [1.165, 1.54) is 27.8 Å². The molecule has 0 spiro atoms. The highest BCUT2D eigenvalue weighted by atomic mass is 35.5. The number of benzene rings is 2. The summed E-state index contributed by atoms with van der Waals surface area (Å²) < 4.78 is 0. The van der Waals surface area contributed by atoms with Gasteiger partial charge in [-0.1, -0.05) is 35.9 Å². The van der Waals surface area contributed by atoms with E-state index >= 15 is 0 Å². The van der Waals surface area contributed by atoms with Crippen LogP contribution < -0.4 is 5.32 Å². The molecule has 1 aliphatic carbocycles. The Labute approximate surface area is 249 Å². The summed E-state index contributed by atoms with van der Waals surface area (Å²) in [5, 5.41) is 14.3. The summed E-state index contributed by atoms with van der Waals surface area (Å²) in [7, 11) is 0. The number of hydrogen-bond donors (Lipinski definition) is 2. The van der Waals surface area contributed by atoms with E-state index < -0.39 is 11.0 Å². The van der Waals surface area contributed by atoms with E-state index in [9.17, 15) is 9.90 Å². The third-order valence-corrected chi connectivity index (χ3v) is 9.31. The van der Waals surface area contributed by atoms with Gasteiger partial charge in [-0.25, -0.2) is 9.97 Å². The van der Waals surface area contributed by atoms with E-state index in [0.29, 0.717) is 36.3 Å². The average Bonchev–Trinajstić information content (AvgIpc) is 3.14. The number of β-amino-alcohol motifs (C(OH)–C–C–N with tert-alkyl or cyclic N) is 1. The highest BCUT2D eigenvalue weighted by Gasteiger charge is 2.39. The summed E-state index contributed by atoms with van der Waals surface area (Å²) >= 11 is 6.55. The zero-order valence-electron chi connectivity index (χ0n) is 25.3. The Hall–Kier alpha value is -2.80. The lowest BCUT2D eigenvalue weighted by Crippen LogP contribution is -2.43. The van der Waals surface area contributed by atoms with Crippen LogP contribution in [0, 0.1) is 13.8 Å². The fraction of sp³-hybridized carbons (Fsp3) is 0.500. The zero-order valence-corrected chi connectivity index (χ0v) is 26.0. The van der Waals surface area contributed by atoms with Crippen LogP contribution in [0.5, 0.6) is 0 Å². The molecule has 1 aromatic heterocycles. The van der Waals surface area contributed by atoms with Crippen molar-refractivity contribution in [2.75, 3.05) is 25.0 Å². The van der Waals surface area contributed by atoms with Gasteiger partial charge in [0.15, 0.2) is 0 Å². The maximum absolute atomic E-state index is 12.6. The number of likely N-dealkylation sites (tertiary alicyclic amines) is 1. The minimum absolute atomic E-state index is 0.276. The van der Waals surface area contributed by atoms with Crippen LogP contribution in [-0.4, -0.2) is 51.0 Å². The second-order valence-electron chi connectivity index (χ2n) is 13.1. The summed E-state index contributed by atoms with van der Waals surface area (Å²) in [4.78, 5) is 24.3. The van der Waals surface area contributed by atoms with Crippen molar-refractivity contribution in [2.24, 2.45) is 0 Å². The average molecular weight is 575 g/mol. The largest absolute Gasteiger partial charge is 0.389 e. The van der Waals surface area contributed by atoms with E-state index in [1.807, 2.05) is 33.8 Å². The molecule has 6 nitrogen and oxygen atoms in total. The number of anilines is 2. The minimum Gasteiger partial charge on any atom is -0.389 e. The van der Waals surface area contributed by atoms with Gasteiger partial charge in [-0.2, -0.15) is 0 Å². The first-order chi connectivity index (χ1) is 19.3. The molecule has 2 aromatic carbocycles. The normalized spacial score (nSPS) is 18.9. The number of hydrogen-bond acceptors (Lipinski definition) is 6. The number of carbonyl (C=O) groups is 1. The van der Waals surface area contributed by atoms with Gasteiger partial charge in [0.2, 0.25) is 5.95 Å². The van der Waals surface area contributed by atoms with E-state index in [4.69, 9.17) is 16.6 Å². The second-order valence-corrected chi connectivity index (χ2v) is 13.5. The Morgan fingerprint density at radius 3 is 2.68 bits per heavy atom. The molecule has 218 valence electrons. The first-order valence-electron chi connectivity index (χ1n) is 14.8. The Balaban J connectivity index is 1.31. The lowest BCUT2D eigenvalue weighted by Gasteiger charge is -2.37. The molecule has 1 fully saturated rings. The Morgan fingerprint density at radius 1 is 1.15 bits per heavy atom. The highest BCUT2D eigenvalue weighted by Crippen LogP contribution is 2.39. The van der Waals surface area contributed by atoms with Crippen molar-refractivity contribution < 1.29 is 9.90 Å². The molecule has 2 aliphatic rings. The van der Waals surface area contributed by atoms with E-state index in [-0.39, 0.29) is 5.78 Å². The predicted molar refractivity (Wildman–Crippen MR) is 167 cm³/mol. The van der Waals surface area contributed by atoms with Gasteiger partial charge in [0, 0.05) is 30.6 Å². The van der Waals surface area contributed by atoms with Gasteiger partial charge in [0.05, 0.1) is 22.5 Å². The second kappa shape index (κ2) is 11.5. The predicted octanol–water partition coefficient (Wildman–Crippen LogP) is 6.63. The maximum Gasteiger partial charge on any atom is 0.227 e. The number of ketones is 1. The van der Waals surface area contributed by atoms with Gasteiger partial charge in [-0.3, -0.25) is 9.69 Å². The first-order valence-corrected chi connectivity index (χ1v) is 15.2. The third-order valence-electron chi connectivity index (χ3n) is 8.99. The molecule has 0 radical (unpaired) electrons. The van der Waals surface area contributed by atoms with Crippen LogP contribution in [0.1, 0.15) is 85.5 Å². The number of rotatable bonds is 8. The van der Waals surface area contributed by atoms with Crippen LogP contribution in [0.15, 0.2) is 36.5 Å². The van der Waals surface area contributed by atoms with Crippen molar-refractivity contribution in [3.63, 3.8) is 0 Å². The number of carbonyl (C=O) groups excluding carboxylic acids is 1. The van der Waals surface area contributed by atoms with Crippen molar-refractivity contribution in [3.8, 4) is 0 Å². The van der Waals surface area contributed by atoms with Crippen molar-refractivity contribution in [1.82, 2.24) is 14.9 Å². The van der Waals surface area contributed by atoms with Gasteiger partial charge >= 0.3 is 0 Å². The fourth-order valence-corrected chi connectivity index (χ4v) is 6.96. The standard InChI is InChI=1S/C34H43ClN4O2/c1-21-22(2)28(15-13-26(21)25-11-8-16-39(19-25)20-33(3,4)41)37-32-36-18-27(35)29(38-32)14-12-23-9-7-10-24-17-30(40)34(5,6)31(23)24/h7,9-10,13,15,18,25,41H,8,11-12,14,16-17,19-20H2,1-6H3,(H,36,37,38). The van der Waals surface area contributed by atoms with Crippen LogP contribution >= 0.6 is 11.6 Å². The number of fused-ring (bicyclic) bond motifs is 1. The molecule has 2 heterocycles. The molecule has 1 unspecified atom stereocenters. The van der Waals surface area contributed by atoms with Crippen LogP contribution in [0.3, 0.4) is 0 Å². The number of nitrogens with zero attached hydrogens (tertiary/aromatic N) is 3. The SMILES string of the molecule is Cc1c(Nc2ncc(Cl)c(CCc3cccc4c3C(C)(C)C(=O)C4)n2)ccc(C2CCCN(CC(C)(C)O)C2)c1C. The molecule has 0 amide bonds. The summed E-state index contributed by atoms with van der Waals surface area (Å²) in [5.41, 5.74) is 7.99. The fourth-order valence-electron chi connectivity index (χ4n) is 6.78. The first kappa shape index (κ1) is 29.7. The number of aliphatic hydroxyl groups is 1. The molecule has 0 bridgehead atoms. The number of nitrogens with one attached hydrogen (secondary N) is 1. The van der Waals surface area contributed by atoms with Crippen molar-refractivity contribution in [1.29, 1.82) is 0 Å². The maximum atomic E-state index is 12.6. The number of aromatic nitrogens is 2. The monoisotopic (exact) mass is 574 g/mol. The molecule has 0 saturated carbocycles. The topological polar surface area (TPSA) is 78.4 Å². The summed E-state index contributed by atoms with van der Waals surface area (Å²) in [6, 6.07) is 10.6.